The van der Waals surface area contributed by atoms with Crippen LogP contribution < -0.4 is 10.6 Å². The van der Waals surface area contributed by atoms with Gasteiger partial charge >= 0.3 is 0 Å². The lowest BCUT2D eigenvalue weighted by Gasteiger charge is -2.21. The molecule has 5 heteroatoms. The molecule has 0 saturated heterocycles. The fourth-order valence-corrected chi connectivity index (χ4v) is 4.16. The summed E-state index contributed by atoms with van der Waals surface area (Å²) in [5.74, 6) is 1.14. The van der Waals surface area contributed by atoms with Crippen molar-refractivity contribution in [3.05, 3.63) is 95.0 Å². The van der Waals surface area contributed by atoms with Gasteiger partial charge in [0.15, 0.2) is 0 Å². The summed E-state index contributed by atoms with van der Waals surface area (Å²) in [6.45, 7) is 0.823. The molecule has 0 amide bonds. The van der Waals surface area contributed by atoms with Gasteiger partial charge in [-0.1, -0.05) is 72.3 Å². The zero-order valence-electron chi connectivity index (χ0n) is 14.7. The number of guanidine groups is 1. The van der Waals surface area contributed by atoms with Crippen LogP contribution in [0, 0.1) is 0 Å². The maximum Gasteiger partial charge on any atom is 0.207 e. The zero-order chi connectivity index (χ0) is 18.5. The minimum atomic E-state index is 0.350. The topological polar surface area (TPSA) is 36.4 Å². The van der Waals surface area contributed by atoms with Crippen molar-refractivity contribution < 1.29 is 0 Å². The molecule has 3 aromatic carbocycles. The molecular weight excluding hydrogens is 374 g/mol. The summed E-state index contributed by atoms with van der Waals surface area (Å²) in [5.41, 5.74) is 3.70. The summed E-state index contributed by atoms with van der Waals surface area (Å²) in [6, 6.07) is 27.1. The Morgan fingerprint density at radius 1 is 0.926 bits per heavy atom. The van der Waals surface area contributed by atoms with Crippen LogP contribution in [0.25, 0.3) is 0 Å². The molecule has 1 aliphatic heterocycles. The van der Waals surface area contributed by atoms with Crippen molar-refractivity contribution in [3.63, 3.8) is 0 Å². The average Bonchev–Trinajstić information content (AvgIpc) is 2.72. The Kier molecular flexibility index (Phi) is 5.66. The van der Waals surface area contributed by atoms with E-state index in [1.807, 2.05) is 18.2 Å². The Bertz CT molecular complexity index is 889. The van der Waals surface area contributed by atoms with Gasteiger partial charge < -0.3 is 10.6 Å². The maximum absolute atomic E-state index is 6.04. The number of fused-ring (bicyclic) bond motifs is 1. The minimum absolute atomic E-state index is 0.350. The Morgan fingerprint density at radius 2 is 1.59 bits per heavy atom. The van der Waals surface area contributed by atoms with E-state index in [1.165, 1.54) is 23.1 Å². The van der Waals surface area contributed by atoms with Gasteiger partial charge in [-0.2, -0.15) is 4.40 Å². The van der Waals surface area contributed by atoms with E-state index >= 15 is 0 Å². The molecule has 3 aromatic rings. The fraction of sp³-hybridized carbons (Fsp3) is 0.136. The van der Waals surface area contributed by atoms with Crippen molar-refractivity contribution in [2.75, 3.05) is 11.9 Å². The van der Waals surface area contributed by atoms with Crippen LogP contribution in [0.2, 0.25) is 5.02 Å². The van der Waals surface area contributed by atoms with Gasteiger partial charge in [0.1, 0.15) is 0 Å². The van der Waals surface area contributed by atoms with Crippen LogP contribution >= 0.6 is 23.5 Å². The highest BCUT2D eigenvalue weighted by atomic mass is 35.5. The second-order valence-electron chi connectivity index (χ2n) is 6.39. The SMILES string of the molecule is Clc1ccc2c(c1)SN=C(NCCC(c1ccccc1)c1ccccc1)N2. The molecule has 0 saturated carbocycles. The highest BCUT2D eigenvalue weighted by Crippen LogP contribution is 2.34. The van der Waals surface area contributed by atoms with E-state index in [0.717, 1.165) is 34.5 Å². The number of hydrogen-bond acceptors (Lipinski definition) is 4. The molecule has 0 aromatic heterocycles. The van der Waals surface area contributed by atoms with Gasteiger partial charge in [0.25, 0.3) is 0 Å². The average molecular weight is 394 g/mol. The summed E-state index contributed by atoms with van der Waals surface area (Å²) in [6.07, 6.45) is 0.979. The molecule has 1 aliphatic rings. The van der Waals surface area contributed by atoms with E-state index in [-0.39, 0.29) is 0 Å². The van der Waals surface area contributed by atoms with Gasteiger partial charge in [0.05, 0.1) is 10.6 Å². The molecule has 4 rings (SSSR count). The van der Waals surface area contributed by atoms with Crippen LogP contribution in [-0.2, 0) is 0 Å². The van der Waals surface area contributed by atoms with E-state index < -0.39 is 0 Å². The summed E-state index contributed by atoms with van der Waals surface area (Å²) in [5, 5.41) is 7.49. The first-order valence-electron chi connectivity index (χ1n) is 8.95. The van der Waals surface area contributed by atoms with Gasteiger partial charge in [0.2, 0.25) is 5.96 Å². The quantitative estimate of drug-likeness (QED) is 0.526. The number of halogens is 1. The maximum atomic E-state index is 6.04. The third-order valence-corrected chi connectivity index (χ3v) is 5.60. The fourth-order valence-electron chi connectivity index (χ4n) is 3.23. The molecule has 0 aliphatic carbocycles. The Morgan fingerprint density at radius 3 is 2.26 bits per heavy atom. The van der Waals surface area contributed by atoms with Crippen LogP contribution in [0.4, 0.5) is 5.69 Å². The highest BCUT2D eigenvalue weighted by molar-refractivity contribution is 7.98. The van der Waals surface area contributed by atoms with Crippen molar-refractivity contribution in [2.24, 2.45) is 4.40 Å². The van der Waals surface area contributed by atoms with Gasteiger partial charge in [0, 0.05) is 29.4 Å². The molecule has 3 nitrogen and oxygen atoms in total. The van der Waals surface area contributed by atoms with E-state index in [0.29, 0.717) is 5.92 Å². The molecule has 136 valence electrons. The molecule has 0 radical (unpaired) electrons. The number of nitrogens with zero attached hydrogens (tertiary/aromatic N) is 1. The van der Waals surface area contributed by atoms with Crippen LogP contribution in [0.5, 0.6) is 0 Å². The molecule has 0 unspecified atom stereocenters. The number of nitrogens with one attached hydrogen (secondary N) is 2. The van der Waals surface area contributed by atoms with Crippen LogP contribution in [-0.4, -0.2) is 12.5 Å². The van der Waals surface area contributed by atoms with E-state index in [1.54, 1.807) is 0 Å². The summed E-state index contributed by atoms with van der Waals surface area (Å²) < 4.78 is 4.51. The number of hydrogen-bond donors (Lipinski definition) is 2. The van der Waals surface area contributed by atoms with Crippen LogP contribution in [0.15, 0.2) is 88.2 Å². The summed E-state index contributed by atoms with van der Waals surface area (Å²) >= 11 is 7.48. The highest BCUT2D eigenvalue weighted by Gasteiger charge is 2.16. The lowest BCUT2D eigenvalue weighted by molar-refractivity contribution is 0.691. The smallest absolute Gasteiger partial charge is 0.207 e. The lowest BCUT2D eigenvalue weighted by atomic mass is 9.88. The van der Waals surface area contributed by atoms with Crippen molar-refractivity contribution in [2.45, 2.75) is 17.2 Å². The second-order valence-corrected chi connectivity index (χ2v) is 7.63. The standard InChI is InChI=1S/C22H20ClN3S/c23-18-11-12-20-21(15-18)27-26-22(25-20)24-14-13-19(16-7-3-1-4-8-16)17-9-5-2-6-10-17/h1-12,15,19H,13-14H2,(H2,24,25,26). The summed E-state index contributed by atoms with van der Waals surface area (Å²) in [7, 11) is 0. The predicted molar refractivity (Wildman–Crippen MR) is 116 cm³/mol. The molecule has 1 heterocycles. The summed E-state index contributed by atoms with van der Waals surface area (Å²) in [4.78, 5) is 1.04. The van der Waals surface area contributed by atoms with Crippen LogP contribution in [0.1, 0.15) is 23.5 Å². The third kappa shape index (κ3) is 4.46. The van der Waals surface area contributed by atoms with Gasteiger partial charge in [-0.3, -0.25) is 0 Å². The van der Waals surface area contributed by atoms with Crippen molar-refractivity contribution >= 4 is 35.2 Å². The monoisotopic (exact) mass is 393 g/mol. The lowest BCUT2D eigenvalue weighted by Crippen LogP contribution is -2.33. The van der Waals surface area contributed by atoms with Gasteiger partial charge in [-0.05, 0) is 35.7 Å². The third-order valence-electron chi connectivity index (χ3n) is 4.56. The molecule has 0 atom stereocenters. The van der Waals surface area contributed by atoms with Crippen LogP contribution in [0.3, 0.4) is 0 Å². The molecule has 0 bridgehead atoms. The van der Waals surface area contributed by atoms with E-state index in [2.05, 4.69) is 75.7 Å². The van der Waals surface area contributed by atoms with E-state index in [4.69, 9.17) is 11.6 Å². The Balaban J connectivity index is 1.42. The first-order valence-corrected chi connectivity index (χ1v) is 10.1. The van der Waals surface area contributed by atoms with Crippen molar-refractivity contribution in [1.29, 1.82) is 0 Å². The molecule has 0 fully saturated rings. The van der Waals surface area contributed by atoms with Crippen molar-refractivity contribution in [3.8, 4) is 0 Å². The van der Waals surface area contributed by atoms with Crippen molar-refractivity contribution in [1.82, 2.24) is 5.32 Å². The minimum Gasteiger partial charge on any atom is -0.355 e. The largest absolute Gasteiger partial charge is 0.355 e. The van der Waals surface area contributed by atoms with Gasteiger partial charge in [-0.25, -0.2) is 0 Å². The normalized spacial score (nSPS) is 12.9. The second kappa shape index (κ2) is 8.51. The molecule has 2 N–H and O–H groups in total. The zero-order valence-corrected chi connectivity index (χ0v) is 16.3. The molecule has 27 heavy (non-hydrogen) atoms. The number of rotatable bonds is 5. The predicted octanol–water partition coefficient (Wildman–Crippen LogP) is 5.94. The molecule has 0 spiro atoms. The Hall–Kier alpha value is -2.43. The number of benzene rings is 3. The first-order chi connectivity index (χ1) is 13.3. The number of anilines is 1. The molecular formula is C22H20ClN3S. The Labute approximate surface area is 169 Å². The van der Waals surface area contributed by atoms with Gasteiger partial charge in [-0.15, -0.1) is 0 Å². The van der Waals surface area contributed by atoms with E-state index in [9.17, 15) is 0 Å². The first kappa shape index (κ1) is 18.0.